The second kappa shape index (κ2) is 9.93. The third kappa shape index (κ3) is 5.06. The van der Waals surface area contributed by atoms with E-state index in [1.54, 1.807) is 12.0 Å². The summed E-state index contributed by atoms with van der Waals surface area (Å²) in [7, 11) is 1.64. The molecule has 0 bridgehead atoms. The maximum absolute atomic E-state index is 12.8. The molecule has 1 aliphatic rings. The highest BCUT2D eigenvalue weighted by Gasteiger charge is 2.30. The van der Waals surface area contributed by atoms with E-state index in [2.05, 4.69) is 4.90 Å². The van der Waals surface area contributed by atoms with Gasteiger partial charge in [0.15, 0.2) is 0 Å². The summed E-state index contributed by atoms with van der Waals surface area (Å²) in [5, 5.41) is 9.33. The standard InChI is InChI=1S/C22H27N3O4/c1-29-20-10-6-5-9-19(20)23-11-13-24(14-12-23)21(27)22(28)25(15-16-26)17-18-7-3-2-4-8-18/h2-10,26H,11-17H2,1H3. The maximum atomic E-state index is 12.8. The number of benzene rings is 2. The van der Waals surface area contributed by atoms with E-state index in [4.69, 9.17) is 4.74 Å². The zero-order chi connectivity index (χ0) is 20.6. The molecule has 2 amide bonds. The van der Waals surface area contributed by atoms with Crippen LogP contribution in [-0.2, 0) is 16.1 Å². The number of carbonyl (C=O) groups excluding carboxylic acids is 2. The summed E-state index contributed by atoms with van der Waals surface area (Å²) in [5.74, 6) is -0.303. The van der Waals surface area contributed by atoms with Crippen molar-refractivity contribution in [2.45, 2.75) is 6.54 Å². The fourth-order valence-corrected chi connectivity index (χ4v) is 3.49. The van der Waals surface area contributed by atoms with Gasteiger partial charge in [0.05, 0.1) is 19.4 Å². The number of amides is 2. The van der Waals surface area contributed by atoms with Gasteiger partial charge in [-0.15, -0.1) is 0 Å². The summed E-state index contributed by atoms with van der Waals surface area (Å²) < 4.78 is 5.42. The number of anilines is 1. The number of piperazine rings is 1. The maximum Gasteiger partial charge on any atom is 0.312 e. The fraction of sp³-hybridized carbons (Fsp3) is 0.364. The molecule has 2 aromatic carbocycles. The Bertz CT molecular complexity index is 820. The molecule has 7 nitrogen and oxygen atoms in total. The van der Waals surface area contributed by atoms with Gasteiger partial charge in [-0.2, -0.15) is 0 Å². The average Bonchev–Trinajstić information content (AvgIpc) is 2.78. The molecule has 1 N–H and O–H groups in total. The number of para-hydroxylation sites is 2. The quantitative estimate of drug-likeness (QED) is 0.746. The van der Waals surface area contributed by atoms with Crippen LogP contribution in [0.15, 0.2) is 54.6 Å². The van der Waals surface area contributed by atoms with Crippen molar-refractivity contribution in [2.24, 2.45) is 0 Å². The lowest BCUT2D eigenvalue weighted by molar-refractivity contribution is -0.152. The summed E-state index contributed by atoms with van der Waals surface area (Å²) in [6.07, 6.45) is 0. The minimum Gasteiger partial charge on any atom is -0.495 e. The van der Waals surface area contributed by atoms with Crippen molar-refractivity contribution in [3.63, 3.8) is 0 Å². The van der Waals surface area contributed by atoms with Crippen LogP contribution in [0.25, 0.3) is 0 Å². The molecule has 1 heterocycles. The number of methoxy groups -OCH3 is 1. The summed E-state index contributed by atoms with van der Waals surface area (Å²) in [5.41, 5.74) is 1.91. The van der Waals surface area contributed by atoms with Crippen LogP contribution in [0.4, 0.5) is 5.69 Å². The number of rotatable bonds is 6. The lowest BCUT2D eigenvalue weighted by atomic mass is 10.2. The first-order chi connectivity index (χ1) is 14.1. The highest BCUT2D eigenvalue weighted by Crippen LogP contribution is 2.28. The Balaban J connectivity index is 1.62. The molecule has 2 aromatic rings. The van der Waals surface area contributed by atoms with Gasteiger partial charge < -0.3 is 24.5 Å². The Hall–Kier alpha value is -3.06. The van der Waals surface area contributed by atoms with E-state index in [-0.39, 0.29) is 13.2 Å². The number of nitrogens with zero attached hydrogens (tertiary/aromatic N) is 3. The van der Waals surface area contributed by atoms with Crippen molar-refractivity contribution < 1.29 is 19.4 Å². The fourth-order valence-electron chi connectivity index (χ4n) is 3.49. The highest BCUT2D eigenvalue weighted by molar-refractivity contribution is 6.34. The highest BCUT2D eigenvalue weighted by atomic mass is 16.5. The predicted octanol–water partition coefficient (Wildman–Crippen LogP) is 1.36. The predicted molar refractivity (Wildman–Crippen MR) is 111 cm³/mol. The Morgan fingerprint density at radius 2 is 1.66 bits per heavy atom. The molecule has 0 radical (unpaired) electrons. The lowest BCUT2D eigenvalue weighted by Gasteiger charge is -2.37. The van der Waals surface area contributed by atoms with E-state index in [1.807, 2.05) is 54.6 Å². The van der Waals surface area contributed by atoms with E-state index < -0.39 is 11.8 Å². The smallest absolute Gasteiger partial charge is 0.312 e. The van der Waals surface area contributed by atoms with Gasteiger partial charge in [-0.25, -0.2) is 0 Å². The number of carbonyl (C=O) groups is 2. The zero-order valence-corrected chi connectivity index (χ0v) is 16.7. The van der Waals surface area contributed by atoms with Crippen molar-refractivity contribution in [2.75, 3.05) is 51.3 Å². The van der Waals surface area contributed by atoms with Crippen LogP contribution in [0.3, 0.4) is 0 Å². The minimum absolute atomic E-state index is 0.126. The summed E-state index contributed by atoms with van der Waals surface area (Å²) in [6.45, 7) is 2.40. The van der Waals surface area contributed by atoms with Crippen LogP contribution in [0, 0.1) is 0 Å². The van der Waals surface area contributed by atoms with E-state index in [1.165, 1.54) is 4.90 Å². The second-order valence-corrected chi connectivity index (χ2v) is 6.89. The molecule has 154 valence electrons. The van der Waals surface area contributed by atoms with Gasteiger partial charge in [0.1, 0.15) is 5.75 Å². The molecule has 0 unspecified atom stereocenters. The third-order valence-electron chi connectivity index (χ3n) is 5.05. The van der Waals surface area contributed by atoms with Crippen molar-refractivity contribution in [3.8, 4) is 5.75 Å². The van der Waals surface area contributed by atoms with Crippen molar-refractivity contribution in [1.82, 2.24) is 9.80 Å². The van der Waals surface area contributed by atoms with Crippen LogP contribution >= 0.6 is 0 Å². The SMILES string of the molecule is COc1ccccc1N1CCN(C(=O)C(=O)N(CCO)Cc2ccccc2)CC1. The van der Waals surface area contributed by atoms with Gasteiger partial charge in [-0.3, -0.25) is 9.59 Å². The molecular formula is C22H27N3O4. The van der Waals surface area contributed by atoms with E-state index >= 15 is 0 Å². The first kappa shape index (κ1) is 20.7. The van der Waals surface area contributed by atoms with E-state index in [0.29, 0.717) is 32.7 Å². The van der Waals surface area contributed by atoms with Crippen LogP contribution in [0.1, 0.15) is 5.56 Å². The third-order valence-corrected chi connectivity index (χ3v) is 5.05. The van der Waals surface area contributed by atoms with Crippen molar-refractivity contribution in [1.29, 1.82) is 0 Å². The Kier molecular flexibility index (Phi) is 7.08. The molecule has 0 aromatic heterocycles. The second-order valence-electron chi connectivity index (χ2n) is 6.89. The molecule has 0 atom stereocenters. The normalized spacial score (nSPS) is 13.9. The first-order valence-corrected chi connectivity index (χ1v) is 9.75. The van der Waals surface area contributed by atoms with Gasteiger partial charge in [0.2, 0.25) is 0 Å². The van der Waals surface area contributed by atoms with Gasteiger partial charge in [0, 0.05) is 39.3 Å². The van der Waals surface area contributed by atoms with Crippen LogP contribution in [0.2, 0.25) is 0 Å². The molecular weight excluding hydrogens is 370 g/mol. The van der Waals surface area contributed by atoms with Gasteiger partial charge in [-0.05, 0) is 17.7 Å². The van der Waals surface area contributed by atoms with Gasteiger partial charge in [0.25, 0.3) is 0 Å². The van der Waals surface area contributed by atoms with E-state index in [9.17, 15) is 14.7 Å². The topological polar surface area (TPSA) is 73.3 Å². The number of hydrogen-bond donors (Lipinski definition) is 1. The molecule has 1 aliphatic heterocycles. The Morgan fingerprint density at radius 1 is 1.00 bits per heavy atom. The molecule has 3 rings (SSSR count). The first-order valence-electron chi connectivity index (χ1n) is 9.75. The molecule has 29 heavy (non-hydrogen) atoms. The summed E-state index contributed by atoms with van der Waals surface area (Å²) >= 11 is 0. The molecule has 1 saturated heterocycles. The largest absolute Gasteiger partial charge is 0.495 e. The van der Waals surface area contributed by atoms with Crippen LogP contribution in [0.5, 0.6) is 5.75 Å². The molecule has 0 saturated carbocycles. The number of aliphatic hydroxyl groups is 1. The average molecular weight is 397 g/mol. The monoisotopic (exact) mass is 397 g/mol. The Morgan fingerprint density at radius 3 is 2.31 bits per heavy atom. The Labute approximate surface area is 171 Å². The van der Waals surface area contributed by atoms with Crippen LogP contribution < -0.4 is 9.64 Å². The minimum atomic E-state index is -0.575. The number of ether oxygens (including phenoxy) is 1. The van der Waals surface area contributed by atoms with E-state index in [0.717, 1.165) is 17.0 Å². The summed E-state index contributed by atoms with van der Waals surface area (Å²) in [4.78, 5) is 30.7. The molecule has 0 aliphatic carbocycles. The lowest BCUT2D eigenvalue weighted by Crippen LogP contribution is -2.53. The van der Waals surface area contributed by atoms with Crippen molar-refractivity contribution >= 4 is 17.5 Å². The number of aliphatic hydroxyl groups excluding tert-OH is 1. The van der Waals surface area contributed by atoms with Crippen LogP contribution in [-0.4, -0.2) is 73.2 Å². The molecule has 7 heteroatoms. The zero-order valence-electron chi connectivity index (χ0n) is 16.7. The number of hydrogen-bond acceptors (Lipinski definition) is 5. The van der Waals surface area contributed by atoms with Gasteiger partial charge >= 0.3 is 11.8 Å². The molecule has 0 spiro atoms. The summed E-state index contributed by atoms with van der Waals surface area (Å²) in [6, 6.07) is 17.2. The van der Waals surface area contributed by atoms with Gasteiger partial charge in [-0.1, -0.05) is 42.5 Å². The van der Waals surface area contributed by atoms with Crippen molar-refractivity contribution in [3.05, 3.63) is 60.2 Å². The molecule has 1 fully saturated rings.